The van der Waals surface area contributed by atoms with E-state index in [1.807, 2.05) is 68.7 Å². The van der Waals surface area contributed by atoms with Crippen molar-refractivity contribution in [3.05, 3.63) is 52.9 Å². The number of ether oxygens (including phenoxy) is 2. The minimum Gasteiger partial charge on any atom is -0.497 e. The molecule has 0 aliphatic rings. The van der Waals surface area contributed by atoms with E-state index in [1.54, 1.807) is 7.11 Å². The number of benzene rings is 1. The van der Waals surface area contributed by atoms with E-state index in [-0.39, 0.29) is 17.5 Å². The maximum atomic E-state index is 12.3. The first-order valence-corrected chi connectivity index (χ1v) is 10.2. The molecule has 1 unspecified atom stereocenters. The minimum atomic E-state index is -0.824. The summed E-state index contributed by atoms with van der Waals surface area (Å²) in [5.41, 5.74) is 3.32. The van der Waals surface area contributed by atoms with E-state index in [4.69, 9.17) is 9.47 Å². The monoisotopic (exact) mass is 423 g/mol. The third-order valence-electron chi connectivity index (χ3n) is 4.90. The number of rotatable bonds is 9. The van der Waals surface area contributed by atoms with Gasteiger partial charge in [0.05, 0.1) is 7.11 Å². The quantitative estimate of drug-likeness (QED) is 0.376. The van der Waals surface area contributed by atoms with Crippen LogP contribution in [0.3, 0.4) is 0 Å². The van der Waals surface area contributed by atoms with Gasteiger partial charge in [0.1, 0.15) is 17.4 Å². The Morgan fingerprint density at radius 3 is 2.52 bits per heavy atom. The number of carbonyl (C=O) groups excluding carboxylic acids is 2. The Kier molecular flexibility index (Phi) is 8.44. The van der Waals surface area contributed by atoms with Crippen LogP contribution in [-0.4, -0.2) is 36.2 Å². The Morgan fingerprint density at radius 2 is 1.94 bits per heavy atom. The van der Waals surface area contributed by atoms with Crippen molar-refractivity contribution < 1.29 is 19.1 Å². The number of hydrogen-bond donors (Lipinski definition) is 1. The molecule has 0 aliphatic heterocycles. The molecule has 0 saturated heterocycles. The van der Waals surface area contributed by atoms with Gasteiger partial charge in [-0.1, -0.05) is 13.3 Å². The zero-order valence-corrected chi connectivity index (χ0v) is 18.7. The number of nitrogens with one attached hydrogen (secondary N) is 1. The Hall–Kier alpha value is -3.53. The highest BCUT2D eigenvalue weighted by atomic mass is 16.5. The van der Waals surface area contributed by atoms with Crippen LogP contribution >= 0.6 is 0 Å². The standard InChI is InChI=1S/C24H29N3O4/c1-6-7-16(2)26-23(28)15-31-24(29)20(14-25)13-19-12-17(3)27(18(19)4)21-8-10-22(30-5)11-9-21/h8-13,16H,6-7,15H2,1-5H3,(H,26,28)/b20-13+. The second-order valence-electron chi connectivity index (χ2n) is 7.36. The molecule has 1 atom stereocenters. The van der Waals surface area contributed by atoms with Gasteiger partial charge in [-0.25, -0.2) is 4.79 Å². The molecule has 0 aliphatic carbocycles. The van der Waals surface area contributed by atoms with Crippen molar-refractivity contribution >= 4 is 18.0 Å². The summed E-state index contributed by atoms with van der Waals surface area (Å²) in [6.45, 7) is 7.35. The molecule has 0 spiro atoms. The van der Waals surface area contributed by atoms with Crippen molar-refractivity contribution in [1.29, 1.82) is 5.26 Å². The lowest BCUT2D eigenvalue weighted by molar-refractivity contribution is -0.144. The summed E-state index contributed by atoms with van der Waals surface area (Å²) in [6, 6.07) is 11.4. The highest BCUT2D eigenvalue weighted by Crippen LogP contribution is 2.24. The molecule has 1 amide bonds. The van der Waals surface area contributed by atoms with Crippen LogP contribution in [0.4, 0.5) is 0 Å². The maximum Gasteiger partial charge on any atom is 0.349 e. The van der Waals surface area contributed by atoms with Gasteiger partial charge in [-0.2, -0.15) is 5.26 Å². The summed E-state index contributed by atoms with van der Waals surface area (Å²) in [7, 11) is 1.61. The van der Waals surface area contributed by atoms with Gasteiger partial charge in [0.2, 0.25) is 0 Å². The van der Waals surface area contributed by atoms with Crippen LogP contribution in [-0.2, 0) is 14.3 Å². The zero-order valence-electron chi connectivity index (χ0n) is 18.7. The molecule has 7 heteroatoms. The van der Waals surface area contributed by atoms with E-state index >= 15 is 0 Å². The average Bonchev–Trinajstić information content (AvgIpc) is 3.03. The number of esters is 1. The fraction of sp³-hybridized carbons (Fsp3) is 0.375. The fourth-order valence-corrected chi connectivity index (χ4v) is 3.39. The Morgan fingerprint density at radius 1 is 1.26 bits per heavy atom. The lowest BCUT2D eigenvalue weighted by Gasteiger charge is -2.12. The number of amides is 1. The number of methoxy groups -OCH3 is 1. The molecular weight excluding hydrogens is 394 g/mol. The van der Waals surface area contributed by atoms with E-state index in [0.29, 0.717) is 0 Å². The highest BCUT2D eigenvalue weighted by Gasteiger charge is 2.16. The van der Waals surface area contributed by atoms with Crippen molar-refractivity contribution in [1.82, 2.24) is 9.88 Å². The molecule has 2 rings (SSSR count). The highest BCUT2D eigenvalue weighted by molar-refractivity contribution is 5.99. The van der Waals surface area contributed by atoms with Crippen molar-refractivity contribution in [2.45, 2.75) is 46.6 Å². The molecule has 7 nitrogen and oxygen atoms in total. The lowest BCUT2D eigenvalue weighted by atomic mass is 10.1. The van der Waals surface area contributed by atoms with Crippen molar-refractivity contribution in [3.8, 4) is 17.5 Å². The van der Waals surface area contributed by atoms with E-state index in [1.165, 1.54) is 6.08 Å². The van der Waals surface area contributed by atoms with E-state index < -0.39 is 12.6 Å². The summed E-state index contributed by atoms with van der Waals surface area (Å²) in [5, 5.41) is 12.2. The van der Waals surface area contributed by atoms with Gasteiger partial charge >= 0.3 is 5.97 Å². The molecule has 164 valence electrons. The first-order chi connectivity index (χ1) is 14.8. The summed E-state index contributed by atoms with van der Waals surface area (Å²) in [6.07, 6.45) is 3.27. The number of nitriles is 1. The molecule has 31 heavy (non-hydrogen) atoms. The van der Waals surface area contributed by atoms with Gasteiger partial charge in [0, 0.05) is 23.1 Å². The van der Waals surface area contributed by atoms with Crippen molar-refractivity contribution in [2.24, 2.45) is 0 Å². The van der Waals surface area contributed by atoms with Crippen LogP contribution in [0.25, 0.3) is 11.8 Å². The van der Waals surface area contributed by atoms with E-state index in [9.17, 15) is 14.9 Å². The molecule has 1 aromatic carbocycles. The van der Waals surface area contributed by atoms with Crippen molar-refractivity contribution in [2.75, 3.05) is 13.7 Å². The van der Waals surface area contributed by atoms with Gasteiger partial charge in [0.25, 0.3) is 5.91 Å². The lowest BCUT2D eigenvalue weighted by Crippen LogP contribution is -2.35. The summed E-state index contributed by atoms with van der Waals surface area (Å²) in [5.74, 6) is -0.451. The van der Waals surface area contributed by atoms with Gasteiger partial charge in [-0.05, 0) is 69.2 Å². The molecular formula is C24H29N3O4. The predicted octanol–water partition coefficient (Wildman–Crippen LogP) is 3.86. The Balaban J connectivity index is 2.16. The number of nitrogens with zero attached hydrogens (tertiary/aromatic N) is 2. The SMILES string of the molecule is CCCC(C)NC(=O)COC(=O)/C(C#N)=C/c1cc(C)n(-c2ccc(OC)cc2)c1C. The van der Waals surface area contributed by atoms with Crippen LogP contribution in [0, 0.1) is 25.2 Å². The third-order valence-corrected chi connectivity index (χ3v) is 4.90. The van der Waals surface area contributed by atoms with Crippen LogP contribution in [0.2, 0.25) is 0 Å². The van der Waals surface area contributed by atoms with Crippen molar-refractivity contribution in [3.63, 3.8) is 0 Å². The van der Waals surface area contributed by atoms with Gasteiger partial charge in [-0.15, -0.1) is 0 Å². The average molecular weight is 424 g/mol. The van der Waals surface area contributed by atoms with Crippen LogP contribution in [0.5, 0.6) is 5.75 Å². The third kappa shape index (κ3) is 6.22. The molecule has 1 heterocycles. The maximum absolute atomic E-state index is 12.3. The summed E-state index contributed by atoms with van der Waals surface area (Å²) in [4.78, 5) is 24.2. The minimum absolute atomic E-state index is 0.00512. The topological polar surface area (TPSA) is 93.4 Å². The number of aryl methyl sites for hydroxylation is 1. The molecule has 1 N–H and O–H groups in total. The van der Waals surface area contributed by atoms with Gasteiger partial charge in [0.15, 0.2) is 6.61 Å². The molecule has 1 aromatic heterocycles. The first-order valence-electron chi connectivity index (χ1n) is 10.2. The normalized spacial score (nSPS) is 12.1. The summed E-state index contributed by atoms with van der Waals surface area (Å²) >= 11 is 0. The Labute approximate surface area is 183 Å². The molecule has 0 fully saturated rings. The molecule has 0 saturated carbocycles. The number of carbonyl (C=O) groups is 2. The molecule has 2 aromatic rings. The predicted molar refractivity (Wildman–Crippen MR) is 119 cm³/mol. The largest absolute Gasteiger partial charge is 0.497 e. The van der Waals surface area contributed by atoms with Gasteiger partial charge in [-0.3, -0.25) is 4.79 Å². The molecule has 0 radical (unpaired) electrons. The molecule has 0 bridgehead atoms. The van der Waals surface area contributed by atoms with Crippen LogP contribution in [0.1, 0.15) is 43.6 Å². The number of hydrogen-bond acceptors (Lipinski definition) is 5. The van der Waals surface area contributed by atoms with E-state index in [2.05, 4.69) is 5.32 Å². The smallest absolute Gasteiger partial charge is 0.349 e. The summed E-state index contributed by atoms with van der Waals surface area (Å²) < 4.78 is 12.3. The second kappa shape index (κ2) is 11.0. The Bertz CT molecular complexity index is 997. The zero-order chi connectivity index (χ0) is 23.0. The fourth-order valence-electron chi connectivity index (χ4n) is 3.39. The van der Waals surface area contributed by atoms with Crippen LogP contribution < -0.4 is 10.1 Å². The van der Waals surface area contributed by atoms with E-state index in [0.717, 1.165) is 41.2 Å². The van der Waals surface area contributed by atoms with Gasteiger partial charge < -0.3 is 19.4 Å². The first kappa shape index (κ1) is 23.7. The van der Waals surface area contributed by atoms with Crippen LogP contribution in [0.15, 0.2) is 35.9 Å². The number of aromatic nitrogens is 1. The second-order valence-corrected chi connectivity index (χ2v) is 7.36.